The Kier molecular flexibility index (Phi) is 4.58. The first-order valence-corrected chi connectivity index (χ1v) is 7.90. The molecule has 0 spiro atoms. The van der Waals surface area contributed by atoms with Gasteiger partial charge in [-0.05, 0) is 43.2 Å². The van der Waals surface area contributed by atoms with E-state index in [1.807, 2.05) is 61.5 Å². The Morgan fingerprint density at radius 3 is 2.78 bits per heavy atom. The van der Waals surface area contributed by atoms with Crippen LogP contribution in [0.3, 0.4) is 0 Å². The number of hydrogen-bond acceptors (Lipinski definition) is 2. The summed E-state index contributed by atoms with van der Waals surface area (Å²) in [6.07, 6.45) is 0.744. The van der Waals surface area contributed by atoms with E-state index in [9.17, 15) is 4.79 Å². The number of carbonyl (C=O) groups excluding carboxylic acids is 1. The first-order valence-electron chi connectivity index (χ1n) is 7.52. The summed E-state index contributed by atoms with van der Waals surface area (Å²) >= 11 is 5.97. The number of pyridine rings is 1. The molecule has 0 saturated carbocycles. The molecule has 1 N–H and O–H groups in total. The molecule has 3 aromatic rings. The second-order valence-electron chi connectivity index (χ2n) is 5.46. The number of nitrogens with zero attached hydrogens (tertiary/aromatic N) is 1. The van der Waals surface area contributed by atoms with Gasteiger partial charge >= 0.3 is 0 Å². The molecule has 0 unspecified atom stereocenters. The van der Waals surface area contributed by atoms with E-state index in [1.54, 1.807) is 0 Å². The van der Waals surface area contributed by atoms with Crippen LogP contribution in [0.4, 0.5) is 0 Å². The highest BCUT2D eigenvalue weighted by atomic mass is 35.5. The third-order valence-corrected chi connectivity index (χ3v) is 3.91. The van der Waals surface area contributed by atoms with Crippen LogP contribution in [0.5, 0.6) is 0 Å². The zero-order valence-electron chi connectivity index (χ0n) is 12.8. The topological polar surface area (TPSA) is 42.0 Å². The Bertz CT molecular complexity index is 861. The fourth-order valence-corrected chi connectivity index (χ4v) is 2.82. The summed E-state index contributed by atoms with van der Waals surface area (Å²) in [6.45, 7) is 2.46. The lowest BCUT2D eigenvalue weighted by atomic mass is 10.1. The lowest BCUT2D eigenvalue weighted by molar-refractivity contribution is 0.0955. The molecule has 0 aliphatic rings. The zero-order chi connectivity index (χ0) is 16.2. The van der Waals surface area contributed by atoms with Crippen molar-refractivity contribution in [1.29, 1.82) is 0 Å². The van der Waals surface area contributed by atoms with Crippen molar-refractivity contribution >= 4 is 28.4 Å². The number of hydrogen-bond donors (Lipinski definition) is 1. The molecule has 23 heavy (non-hydrogen) atoms. The zero-order valence-corrected chi connectivity index (χ0v) is 13.6. The number of aromatic nitrogens is 1. The number of nitrogens with one attached hydrogen (secondary N) is 1. The average Bonchev–Trinajstić information content (AvgIpc) is 2.54. The molecule has 116 valence electrons. The van der Waals surface area contributed by atoms with Gasteiger partial charge in [-0.3, -0.25) is 9.78 Å². The number of aryl methyl sites for hydroxylation is 1. The largest absolute Gasteiger partial charge is 0.352 e. The number of halogens is 1. The molecule has 0 fully saturated rings. The van der Waals surface area contributed by atoms with E-state index < -0.39 is 0 Å². The lowest BCUT2D eigenvalue weighted by Crippen LogP contribution is -2.26. The standard InChI is InChI=1S/C19H17ClN2O/c1-13-11-17(16-7-2-3-8-18(16)22-13)19(23)21-10-9-14-5-4-6-15(20)12-14/h2-8,11-12H,9-10H2,1H3,(H,21,23). The van der Waals surface area contributed by atoms with Crippen molar-refractivity contribution in [2.24, 2.45) is 0 Å². The number of para-hydroxylation sites is 1. The summed E-state index contributed by atoms with van der Waals surface area (Å²) < 4.78 is 0. The summed E-state index contributed by atoms with van der Waals surface area (Å²) in [7, 11) is 0. The molecule has 3 rings (SSSR count). The van der Waals surface area contributed by atoms with Crippen LogP contribution in [0.25, 0.3) is 10.9 Å². The predicted octanol–water partition coefficient (Wildman–Crippen LogP) is 4.17. The highest BCUT2D eigenvalue weighted by molar-refractivity contribution is 6.30. The number of rotatable bonds is 4. The van der Waals surface area contributed by atoms with Gasteiger partial charge in [0.1, 0.15) is 0 Å². The quantitative estimate of drug-likeness (QED) is 0.782. The van der Waals surface area contributed by atoms with E-state index in [4.69, 9.17) is 11.6 Å². The Morgan fingerprint density at radius 2 is 1.96 bits per heavy atom. The van der Waals surface area contributed by atoms with Gasteiger partial charge in [-0.15, -0.1) is 0 Å². The van der Waals surface area contributed by atoms with Crippen LogP contribution in [-0.2, 0) is 6.42 Å². The van der Waals surface area contributed by atoms with Crippen LogP contribution in [0, 0.1) is 6.92 Å². The summed E-state index contributed by atoms with van der Waals surface area (Å²) in [5.74, 6) is -0.0753. The van der Waals surface area contributed by atoms with Crippen LogP contribution >= 0.6 is 11.6 Å². The Morgan fingerprint density at radius 1 is 1.13 bits per heavy atom. The maximum atomic E-state index is 12.5. The van der Waals surface area contributed by atoms with Gasteiger partial charge < -0.3 is 5.32 Å². The van der Waals surface area contributed by atoms with E-state index in [0.717, 1.165) is 28.6 Å². The second-order valence-corrected chi connectivity index (χ2v) is 5.90. The van der Waals surface area contributed by atoms with Crippen molar-refractivity contribution in [2.75, 3.05) is 6.54 Å². The fourth-order valence-electron chi connectivity index (χ4n) is 2.60. The first kappa shape index (κ1) is 15.5. The van der Waals surface area contributed by atoms with E-state index in [-0.39, 0.29) is 5.91 Å². The number of fused-ring (bicyclic) bond motifs is 1. The summed E-state index contributed by atoms with van der Waals surface area (Å²) in [5, 5.41) is 4.56. The van der Waals surface area contributed by atoms with Crippen molar-refractivity contribution in [1.82, 2.24) is 10.3 Å². The summed E-state index contributed by atoms with van der Waals surface area (Å²) in [6, 6.07) is 17.2. The third kappa shape index (κ3) is 3.69. The van der Waals surface area contributed by atoms with Crippen LogP contribution in [-0.4, -0.2) is 17.4 Å². The molecular formula is C19H17ClN2O. The highest BCUT2D eigenvalue weighted by Crippen LogP contribution is 2.18. The number of amides is 1. The normalized spacial score (nSPS) is 10.7. The van der Waals surface area contributed by atoms with Gasteiger partial charge in [-0.1, -0.05) is 41.9 Å². The van der Waals surface area contributed by atoms with Gasteiger partial charge in [0.05, 0.1) is 11.1 Å². The smallest absolute Gasteiger partial charge is 0.252 e. The van der Waals surface area contributed by atoms with E-state index >= 15 is 0 Å². The Labute approximate surface area is 140 Å². The predicted molar refractivity (Wildman–Crippen MR) is 94.0 cm³/mol. The minimum absolute atomic E-state index is 0.0753. The molecule has 2 aromatic carbocycles. The Hall–Kier alpha value is -2.39. The maximum absolute atomic E-state index is 12.5. The van der Waals surface area contributed by atoms with Crippen molar-refractivity contribution in [3.8, 4) is 0 Å². The lowest BCUT2D eigenvalue weighted by Gasteiger charge is -2.09. The molecular weight excluding hydrogens is 308 g/mol. The second kappa shape index (κ2) is 6.80. The molecule has 3 nitrogen and oxygen atoms in total. The highest BCUT2D eigenvalue weighted by Gasteiger charge is 2.11. The monoisotopic (exact) mass is 324 g/mol. The summed E-state index contributed by atoms with van der Waals surface area (Å²) in [4.78, 5) is 17.0. The minimum atomic E-state index is -0.0753. The van der Waals surface area contributed by atoms with E-state index in [1.165, 1.54) is 0 Å². The Balaban J connectivity index is 1.74. The van der Waals surface area contributed by atoms with Crippen molar-refractivity contribution in [2.45, 2.75) is 13.3 Å². The molecule has 4 heteroatoms. The average molecular weight is 325 g/mol. The molecule has 0 bridgehead atoms. The van der Waals surface area contributed by atoms with Gasteiger partial charge in [-0.25, -0.2) is 0 Å². The third-order valence-electron chi connectivity index (χ3n) is 3.68. The maximum Gasteiger partial charge on any atom is 0.252 e. The summed E-state index contributed by atoms with van der Waals surface area (Å²) in [5.41, 5.74) is 3.45. The van der Waals surface area contributed by atoms with Crippen LogP contribution in [0.1, 0.15) is 21.6 Å². The molecule has 0 atom stereocenters. The number of benzene rings is 2. The van der Waals surface area contributed by atoms with Gasteiger partial charge in [0, 0.05) is 22.6 Å². The van der Waals surface area contributed by atoms with Crippen LogP contribution in [0.2, 0.25) is 5.02 Å². The minimum Gasteiger partial charge on any atom is -0.352 e. The van der Waals surface area contributed by atoms with Crippen LogP contribution in [0.15, 0.2) is 54.6 Å². The van der Waals surface area contributed by atoms with E-state index in [0.29, 0.717) is 17.1 Å². The molecule has 0 aliphatic carbocycles. The molecule has 0 aliphatic heterocycles. The van der Waals surface area contributed by atoms with Gasteiger partial charge in [0.2, 0.25) is 0 Å². The van der Waals surface area contributed by atoms with Crippen LogP contribution < -0.4 is 5.32 Å². The fraction of sp³-hybridized carbons (Fsp3) is 0.158. The molecule has 1 aromatic heterocycles. The number of carbonyl (C=O) groups is 1. The molecule has 0 radical (unpaired) electrons. The molecule has 1 amide bonds. The van der Waals surface area contributed by atoms with Crippen molar-refractivity contribution in [3.63, 3.8) is 0 Å². The van der Waals surface area contributed by atoms with Crippen molar-refractivity contribution in [3.05, 3.63) is 76.4 Å². The van der Waals surface area contributed by atoms with Gasteiger partial charge in [-0.2, -0.15) is 0 Å². The van der Waals surface area contributed by atoms with Gasteiger partial charge in [0.15, 0.2) is 0 Å². The molecule has 1 heterocycles. The SMILES string of the molecule is Cc1cc(C(=O)NCCc2cccc(Cl)c2)c2ccccc2n1. The molecule has 0 saturated heterocycles. The van der Waals surface area contributed by atoms with Crippen molar-refractivity contribution < 1.29 is 4.79 Å². The first-order chi connectivity index (χ1) is 11.1. The van der Waals surface area contributed by atoms with E-state index in [2.05, 4.69) is 10.3 Å². The van der Waals surface area contributed by atoms with Gasteiger partial charge in [0.25, 0.3) is 5.91 Å².